The molecule has 0 saturated carbocycles. The maximum Gasteiger partial charge on any atom is 0.195 e. The summed E-state index contributed by atoms with van der Waals surface area (Å²) in [6.45, 7) is 7.43. The van der Waals surface area contributed by atoms with Gasteiger partial charge in [0.1, 0.15) is 0 Å². The number of nitrogens with zero attached hydrogens (tertiary/aromatic N) is 1. The third kappa shape index (κ3) is 4.51. The summed E-state index contributed by atoms with van der Waals surface area (Å²) in [7, 11) is 0. The van der Waals surface area contributed by atoms with Crippen molar-refractivity contribution in [1.29, 1.82) is 0 Å². The molecule has 0 atom stereocenters. The van der Waals surface area contributed by atoms with E-state index < -0.39 is 0 Å². The predicted octanol–water partition coefficient (Wildman–Crippen LogP) is 4.02. The molecule has 5 heteroatoms. The van der Waals surface area contributed by atoms with E-state index in [1.165, 1.54) is 0 Å². The summed E-state index contributed by atoms with van der Waals surface area (Å²) >= 11 is 3.27. The number of halogens is 1. The van der Waals surface area contributed by atoms with Gasteiger partial charge in [0, 0.05) is 12.0 Å². The van der Waals surface area contributed by atoms with Crippen LogP contribution in [0.25, 0.3) is 11.5 Å². The quantitative estimate of drug-likeness (QED) is 0.843. The molecule has 0 aliphatic carbocycles. The normalized spacial score (nSPS) is 12.0. The summed E-state index contributed by atoms with van der Waals surface area (Å²) in [5, 5.41) is 3.44. The highest BCUT2D eigenvalue weighted by Gasteiger charge is 2.11. The fourth-order valence-corrected chi connectivity index (χ4v) is 2.00. The fourth-order valence-electron chi connectivity index (χ4n) is 1.69. The van der Waals surface area contributed by atoms with Crippen LogP contribution in [0.4, 0.5) is 0 Å². The van der Waals surface area contributed by atoms with E-state index in [0.717, 1.165) is 25.3 Å². The van der Waals surface area contributed by atoms with Gasteiger partial charge in [-0.3, -0.25) is 0 Å². The highest BCUT2D eigenvalue weighted by molar-refractivity contribution is 9.10. The van der Waals surface area contributed by atoms with Crippen LogP contribution in [-0.4, -0.2) is 17.1 Å². The number of aryl methyl sites for hydroxylation is 1. The Kier molecular flexibility index (Phi) is 4.47. The van der Waals surface area contributed by atoms with Crippen LogP contribution in [0.1, 0.15) is 33.1 Å². The number of rotatable bonds is 5. The second-order valence-electron chi connectivity index (χ2n) is 5.50. The highest BCUT2D eigenvalue weighted by Crippen LogP contribution is 2.25. The van der Waals surface area contributed by atoms with Gasteiger partial charge < -0.3 is 14.2 Å². The van der Waals surface area contributed by atoms with E-state index in [9.17, 15) is 0 Å². The maximum atomic E-state index is 5.66. The molecule has 4 nitrogen and oxygen atoms in total. The van der Waals surface area contributed by atoms with Crippen molar-refractivity contribution in [2.75, 3.05) is 6.54 Å². The van der Waals surface area contributed by atoms with Crippen LogP contribution in [-0.2, 0) is 6.42 Å². The van der Waals surface area contributed by atoms with E-state index in [-0.39, 0.29) is 5.54 Å². The van der Waals surface area contributed by atoms with Gasteiger partial charge in [-0.15, -0.1) is 0 Å². The highest BCUT2D eigenvalue weighted by atomic mass is 79.9. The van der Waals surface area contributed by atoms with Crippen molar-refractivity contribution < 1.29 is 8.83 Å². The number of hydrogen-bond acceptors (Lipinski definition) is 4. The Bertz CT molecular complexity index is 526. The van der Waals surface area contributed by atoms with E-state index in [0.29, 0.717) is 16.2 Å². The smallest absolute Gasteiger partial charge is 0.195 e. The Morgan fingerprint density at radius 2 is 2.00 bits per heavy atom. The molecule has 0 saturated heterocycles. The first-order valence-corrected chi connectivity index (χ1v) is 7.19. The van der Waals surface area contributed by atoms with Crippen LogP contribution in [0.5, 0.6) is 0 Å². The summed E-state index contributed by atoms with van der Waals surface area (Å²) in [6.07, 6.45) is 3.53. The van der Waals surface area contributed by atoms with Gasteiger partial charge >= 0.3 is 0 Å². The van der Waals surface area contributed by atoms with Crippen molar-refractivity contribution in [3.8, 4) is 11.5 Å². The van der Waals surface area contributed by atoms with Crippen LogP contribution in [0.3, 0.4) is 0 Å². The lowest BCUT2D eigenvalue weighted by molar-refractivity contribution is 0.411. The van der Waals surface area contributed by atoms with E-state index in [2.05, 4.69) is 47.0 Å². The van der Waals surface area contributed by atoms with Crippen molar-refractivity contribution in [1.82, 2.24) is 10.3 Å². The van der Waals surface area contributed by atoms with Crippen molar-refractivity contribution >= 4 is 15.9 Å². The standard InChI is InChI=1S/C14H19BrN2O2/c1-14(2,3)17-8-4-5-13-16-9-11(19-13)10-6-7-12(15)18-10/h6-7,9,17H,4-5,8H2,1-3H3. The van der Waals surface area contributed by atoms with Gasteiger partial charge in [0.25, 0.3) is 0 Å². The second-order valence-corrected chi connectivity index (χ2v) is 6.28. The SMILES string of the molecule is CC(C)(C)NCCCc1ncc(-c2ccc(Br)o2)o1. The lowest BCUT2D eigenvalue weighted by Gasteiger charge is -2.19. The van der Waals surface area contributed by atoms with Gasteiger partial charge in [0.05, 0.1) is 6.20 Å². The van der Waals surface area contributed by atoms with Gasteiger partial charge in [-0.2, -0.15) is 0 Å². The van der Waals surface area contributed by atoms with Crippen LogP contribution in [0.15, 0.2) is 31.8 Å². The average molecular weight is 327 g/mol. The number of furan rings is 1. The molecule has 0 spiro atoms. The van der Waals surface area contributed by atoms with Crippen molar-refractivity contribution in [3.63, 3.8) is 0 Å². The number of nitrogens with one attached hydrogen (secondary N) is 1. The molecule has 2 heterocycles. The minimum Gasteiger partial charge on any atom is -0.446 e. The molecule has 2 aromatic heterocycles. The Labute approximate surface area is 121 Å². The molecule has 1 N–H and O–H groups in total. The topological polar surface area (TPSA) is 51.2 Å². The monoisotopic (exact) mass is 326 g/mol. The Balaban J connectivity index is 1.85. The van der Waals surface area contributed by atoms with Crippen molar-refractivity contribution in [2.45, 2.75) is 39.2 Å². The predicted molar refractivity (Wildman–Crippen MR) is 78.0 cm³/mol. The third-order valence-corrected chi connectivity index (χ3v) is 3.02. The zero-order chi connectivity index (χ0) is 13.9. The van der Waals surface area contributed by atoms with E-state index >= 15 is 0 Å². The number of hydrogen-bond donors (Lipinski definition) is 1. The molecule has 0 unspecified atom stereocenters. The van der Waals surface area contributed by atoms with Crippen LogP contribution >= 0.6 is 15.9 Å². The molecule has 0 bridgehead atoms. The summed E-state index contributed by atoms with van der Waals surface area (Å²) in [5.41, 5.74) is 0.155. The van der Waals surface area contributed by atoms with Crippen LogP contribution in [0, 0.1) is 0 Å². The summed E-state index contributed by atoms with van der Waals surface area (Å²) < 4.78 is 11.8. The molecule has 0 amide bonds. The number of oxazole rings is 1. The van der Waals surface area contributed by atoms with Gasteiger partial charge in [0.15, 0.2) is 22.1 Å². The lowest BCUT2D eigenvalue weighted by Crippen LogP contribution is -2.36. The Morgan fingerprint density at radius 1 is 1.21 bits per heavy atom. The fraction of sp³-hybridized carbons (Fsp3) is 0.500. The largest absolute Gasteiger partial charge is 0.446 e. The zero-order valence-electron chi connectivity index (χ0n) is 11.5. The summed E-state index contributed by atoms with van der Waals surface area (Å²) in [4.78, 5) is 4.27. The van der Waals surface area contributed by atoms with Gasteiger partial charge in [-0.05, 0) is 61.8 Å². The van der Waals surface area contributed by atoms with E-state index in [1.54, 1.807) is 6.20 Å². The first kappa shape index (κ1) is 14.3. The molecule has 2 rings (SSSR count). The molecule has 0 radical (unpaired) electrons. The zero-order valence-corrected chi connectivity index (χ0v) is 13.1. The Morgan fingerprint density at radius 3 is 2.63 bits per heavy atom. The van der Waals surface area contributed by atoms with Crippen LogP contribution < -0.4 is 5.32 Å². The summed E-state index contributed by atoms with van der Waals surface area (Å²) in [6, 6.07) is 3.69. The van der Waals surface area contributed by atoms with E-state index in [4.69, 9.17) is 8.83 Å². The molecule has 0 fully saturated rings. The lowest BCUT2D eigenvalue weighted by atomic mass is 10.1. The van der Waals surface area contributed by atoms with Crippen molar-refractivity contribution in [2.24, 2.45) is 0 Å². The molecule has 104 valence electrons. The molecule has 19 heavy (non-hydrogen) atoms. The molecule has 0 aromatic carbocycles. The third-order valence-electron chi connectivity index (χ3n) is 2.59. The molecule has 0 aliphatic rings. The minimum atomic E-state index is 0.155. The summed E-state index contributed by atoms with van der Waals surface area (Å²) in [5.74, 6) is 2.11. The average Bonchev–Trinajstić information content (AvgIpc) is 2.92. The first-order valence-electron chi connectivity index (χ1n) is 6.39. The van der Waals surface area contributed by atoms with Gasteiger partial charge in [-0.25, -0.2) is 4.98 Å². The molecule has 2 aromatic rings. The van der Waals surface area contributed by atoms with Crippen LogP contribution in [0.2, 0.25) is 0 Å². The van der Waals surface area contributed by atoms with Gasteiger partial charge in [-0.1, -0.05) is 0 Å². The maximum absolute atomic E-state index is 5.66. The van der Waals surface area contributed by atoms with E-state index in [1.807, 2.05) is 12.1 Å². The van der Waals surface area contributed by atoms with Gasteiger partial charge in [0.2, 0.25) is 0 Å². The second kappa shape index (κ2) is 5.92. The molecular weight excluding hydrogens is 308 g/mol. The number of aromatic nitrogens is 1. The molecule has 0 aliphatic heterocycles. The van der Waals surface area contributed by atoms with Crippen molar-refractivity contribution in [3.05, 3.63) is 28.9 Å². The first-order chi connectivity index (χ1) is 8.94. The molecular formula is C14H19BrN2O2. The minimum absolute atomic E-state index is 0.155. The Hall–Kier alpha value is -1.07.